The molecule has 6 nitrogen and oxygen atoms in total. The highest BCUT2D eigenvalue weighted by Crippen LogP contribution is 2.65. The monoisotopic (exact) mass is 511 g/mol. The van der Waals surface area contributed by atoms with Gasteiger partial charge in [0.05, 0.1) is 24.4 Å². The number of allylic oxidation sites excluding steroid dienone is 1. The SMILES string of the molecule is CC(=O)NCNN1C[C@@H](C)C[C@H]2O[C@]3(CC[C@@H]4C(=C(C)C3)C[C@H]3[C@H]4CC[C@@H]4CC(=O)CC[C@@]43C)[C@H](C)[C@@H]21. The number of hydrogen-bond donors (Lipinski definition) is 2. The Morgan fingerprint density at radius 1 is 1.16 bits per heavy atom. The molecule has 10 atom stereocenters. The van der Waals surface area contributed by atoms with Gasteiger partial charge < -0.3 is 10.1 Å². The van der Waals surface area contributed by atoms with Gasteiger partial charge in [-0.1, -0.05) is 31.9 Å². The lowest BCUT2D eigenvalue weighted by Crippen LogP contribution is -2.59. The van der Waals surface area contributed by atoms with Crippen molar-refractivity contribution >= 4 is 11.7 Å². The van der Waals surface area contributed by atoms with E-state index in [1.54, 1.807) is 18.1 Å². The van der Waals surface area contributed by atoms with Crippen LogP contribution in [0.5, 0.6) is 0 Å². The Morgan fingerprint density at radius 2 is 1.97 bits per heavy atom. The van der Waals surface area contributed by atoms with Gasteiger partial charge in [0.1, 0.15) is 5.78 Å². The van der Waals surface area contributed by atoms with Crippen molar-refractivity contribution in [2.45, 2.75) is 117 Å². The lowest BCUT2D eigenvalue weighted by molar-refractivity contribution is -0.130. The van der Waals surface area contributed by atoms with E-state index in [1.165, 1.54) is 25.7 Å². The molecule has 206 valence electrons. The first kappa shape index (κ1) is 26.0. The van der Waals surface area contributed by atoms with Crippen molar-refractivity contribution < 1.29 is 14.3 Å². The third-order valence-corrected chi connectivity index (χ3v) is 12.2. The Bertz CT molecular complexity index is 979. The molecule has 4 aliphatic carbocycles. The van der Waals surface area contributed by atoms with Crippen molar-refractivity contribution in [3.63, 3.8) is 0 Å². The van der Waals surface area contributed by atoms with Crippen LogP contribution in [0.15, 0.2) is 11.1 Å². The van der Waals surface area contributed by atoms with E-state index < -0.39 is 0 Å². The largest absolute Gasteiger partial charge is 0.369 e. The molecule has 6 aliphatic rings. The van der Waals surface area contributed by atoms with Crippen molar-refractivity contribution in [2.75, 3.05) is 13.2 Å². The molecule has 2 N–H and O–H groups in total. The van der Waals surface area contributed by atoms with Crippen LogP contribution in [0.2, 0.25) is 0 Å². The standard InChI is InChI=1S/C31H49N3O3/c1-18-12-28-29(34(16-18)33-17-32-21(4)35)20(3)31(37-28)11-9-24-25-7-6-22-13-23(36)8-10-30(22,5)27(25)14-26(24)19(2)15-31/h18,20,22,24-25,27-29,33H,6-17H2,1-5H3,(H,32,35)/t18-,20+,22+,24-,25-,27-,28+,29-,30-,31-/m0/s1. The number of nitrogens with zero attached hydrogens (tertiary/aromatic N) is 1. The highest BCUT2D eigenvalue weighted by atomic mass is 16.5. The van der Waals surface area contributed by atoms with Crippen molar-refractivity contribution in [3.8, 4) is 0 Å². The molecule has 0 unspecified atom stereocenters. The number of rotatable bonds is 3. The topological polar surface area (TPSA) is 70.7 Å². The van der Waals surface area contributed by atoms with Gasteiger partial charge in [0.2, 0.25) is 5.91 Å². The number of hydrazine groups is 1. The van der Waals surface area contributed by atoms with Crippen LogP contribution in [0.4, 0.5) is 0 Å². The lowest BCUT2D eigenvalue weighted by Gasteiger charge is -2.52. The maximum Gasteiger partial charge on any atom is 0.217 e. The number of amides is 1. The Morgan fingerprint density at radius 3 is 2.76 bits per heavy atom. The summed E-state index contributed by atoms with van der Waals surface area (Å²) < 4.78 is 7.16. The fourth-order valence-corrected chi connectivity index (χ4v) is 10.3. The van der Waals surface area contributed by atoms with Crippen LogP contribution in [-0.2, 0) is 14.3 Å². The minimum Gasteiger partial charge on any atom is -0.369 e. The second-order valence-corrected chi connectivity index (χ2v) is 14.2. The summed E-state index contributed by atoms with van der Waals surface area (Å²) in [5.41, 5.74) is 7.19. The molecule has 37 heavy (non-hydrogen) atoms. The molecule has 3 saturated carbocycles. The maximum absolute atomic E-state index is 12.3. The molecule has 6 heteroatoms. The number of hydrogen-bond acceptors (Lipinski definition) is 5. The van der Waals surface area contributed by atoms with Crippen molar-refractivity contribution in [3.05, 3.63) is 11.1 Å². The fourth-order valence-electron chi connectivity index (χ4n) is 10.3. The average molecular weight is 512 g/mol. The third kappa shape index (κ3) is 4.24. The molecule has 0 aromatic carbocycles. The van der Waals surface area contributed by atoms with Gasteiger partial charge in [0.15, 0.2) is 0 Å². The molecule has 1 spiro atoms. The Balaban J connectivity index is 1.23. The smallest absolute Gasteiger partial charge is 0.217 e. The van der Waals surface area contributed by atoms with Crippen molar-refractivity contribution in [1.29, 1.82) is 0 Å². The van der Waals surface area contributed by atoms with Crippen LogP contribution in [0.25, 0.3) is 0 Å². The van der Waals surface area contributed by atoms with E-state index in [-0.39, 0.29) is 17.6 Å². The first-order chi connectivity index (χ1) is 17.6. The van der Waals surface area contributed by atoms with Gasteiger partial charge in [-0.3, -0.25) is 9.59 Å². The summed E-state index contributed by atoms with van der Waals surface area (Å²) in [4.78, 5) is 23.7. The number of ether oxygens (including phenoxy) is 1. The van der Waals surface area contributed by atoms with Crippen LogP contribution in [-0.4, -0.2) is 47.7 Å². The summed E-state index contributed by atoms with van der Waals surface area (Å²) in [6, 6.07) is 0.350. The normalized spacial score (nSPS) is 47.8. The summed E-state index contributed by atoms with van der Waals surface area (Å²) in [6.45, 7) is 12.8. The first-order valence-corrected chi connectivity index (χ1v) is 15.2. The number of carbonyl (C=O) groups excluding carboxylic acids is 2. The number of fused-ring (bicyclic) bond motifs is 6. The summed E-state index contributed by atoms with van der Waals surface area (Å²) in [7, 11) is 0. The van der Waals surface area contributed by atoms with E-state index in [9.17, 15) is 9.59 Å². The lowest BCUT2D eigenvalue weighted by atomic mass is 9.52. The highest BCUT2D eigenvalue weighted by Gasteiger charge is 2.60. The molecule has 2 heterocycles. The van der Waals surface area contributed by atoms with Crippen LogP contribution < -0.4 is 10.7 Å². The molecular weight excluding hydrogens is 462 g/mol. The van der Waals surface area contributed by atoms with E-state index >= 15 is 0 Å². The van der Waals surface area contributed by atoms with Gasteiger partial charge in [-0.25, -0.2) is 10.4 Å². The van der Waals surface area contributed by atoms with Gasteiger partial charge in [0.25, 0.3) is 0 Å². The molecule has 5 fully saturated rings. The number of nitrogens with one attached hydrogen (secondary N) is 2. The van der Waals surface area contributed by atoms with Gasteiger partial charge in [-0.05, 0) is 93.3 Å². The van der Waals surface area contributed by atoms with E-state index in [2.05, 4.69) is 43.4 Å². The van der Waals surface area contributed by atoms with Gasteiger partial charge in [-0.2, -0.15) is 0 Å². The van der Waals surface area contributed by atoms with Crippen LogP contribution in [0.1, 0.15) is 98.8 Å². The molecule has 0 aromatic heterocycles. The van der Waals surface area contributed by atoms with Crippen molar-refractivity contribution in [2.24, 2.45) is 40.9 Å². The Kier molecular flexibility index (Phi) is 6.64. The zero-order chi connectivity index (χ0) is 26.1. The molecule has 1 amide bonds. The molecule has 6 rings (SSSR count). The number of carbonyl (C=O) groups is 2. The molecule has 0 aromatic rings. The summed E-state index contributed by atoms with van der Waals surface area (Å²) in [6.07, 6.45) is 11.4. The van der Waals surface area contributed by atoms with Crippen molar-refractivity contribution in [1.82, 2.24) is 15.8 Å². The fraction of sp³-hybridized carbons (Fsp3) is 0.871. The Hall–Kier alpha value is -1.24. The maximum atomic E-state index is 12.3. The summed E-state index contributed by atoms with van der Waals surface area (Å²) in [5.74, 6) is 4.41. The quantitative estimate of drug-likeness (QED) is 0.413. The molecule has 2 saturated heterocycles. The molecular formula is C31H49N3O3. The third-order valence-electron chi connectivity index (χ3n) is 12.2. The van der Waals surface area contributed by atoms with E-state index in [0.717, 1.165) is 56.9 Å². The molecule has 2 aliphatic heterocycles. The average Bonchev–Trinajstić information content (AvgIpc) is 3.29. The summed E-state index contributed by atoms with van der Waals surface area (Å²) >= 11 is 0. The number of piperidine rings is 1. The minimum absolute atomic E-state index is 0.000112. The minimum atomic E-state index is -0.0807. The predicted molar refractivity (Wildman–Crippen MR) is 144 cm³/mol. The highest BCUT2D eigenvalue weighted by molar-refractivity contribution is 5.79. The number of ketones is 1. The zero-order valence-electron chi connectivity index (χ0n) is 23.8. The van der Waals surface area contributed by atoms with Gasteiger partial charge >= 0.3 is 0 Å². The summed E-state index contributed by atoms with van der Waals surface area (Å²) in [5, 5.41) is 5.30. The van der Waals surface area contributed by atoms with E-state index in [0.29, 0.717) is 47.6 Å². The van der Waals surface area contributed by atoms with Crippen LogP contribution in [0.3, 0.4) is 0 Å². The Labute approximate surface area is 223 Å². The van der Waals surface area contributed by atoms with E-state index in [1.807, 2.05) is 0 Å². The second kappa shape index (κ2) is 9.45. The van der Waals surface area contributed by atoms with E-state index in [4.69, 9.17) is 4.74 Å². The predicted octanol–water partition coefficient (Wildman–Crippen LogP) is 4.99. The molecule has 0 radical (unpaired) electrons. The second-order valence-electron chi connectivity index (χ2n) is 14.2. The zero-order valence-corrected chi connectivity index (χ0v) is 23.8. The molecule has 0 bridgehead atoms. The van der Waals surface area contributed by atoms with Gasteiger partial charge in [0, 0.05) is 32.2 Å². The number of Topliss-reactive ketones (excluding diaryl/α,β-unsaturated/α-hetero) is 1. The first-order valence-electron chi connectivity index (χ1n) is 15.2. The van der Waals surface area contributed by atoms with Crippen LogP contribution >= 0.6 is 0 Å². The van der Waals surface area contributed by atoms with Gasteiger partial charge in [-0.15, -0.1) is 0 Å². The van der Waals surface area contributed by atoms with Crippen LogP contribution in [0, 0.1) is 40.9 Å².